The third kappa shape index (κ3) is 4.29. The van der Waals surface area contributed by atoms with Gasteiger partial charge in [0.2, 0.25) is 11.1 Å². The third-order valence-electron chi connectivity index (χ3n) is 1.96. The average Bonchev–Trinajstić information content (AvgIpc) is 2.40. The van der Waals surface area contributed by atoms with Crippen molar-refractivity contribution in [2.75, 3.05) is 5.43 Å². The lowest BCUT2D eigenvalue weighted by molar-refractivity contribution is 0.219. The molecule has 0 saturated heterocycles. The van der Waals surface area contributed by atoms with Crippen LogP contribution in [0.1, 0.15) is 13.8 Å². The fourth-order valence-corrected chi connectivity index (χ4v) is 2.15. The molecule has 0 saturated carbocycles. The Labute approximate surface area is 128 Å². The molecule has 2 aromatic heterocycles. The summed E-state index contributed by atoms with van der Waals surface area (Å²) in [5.74, 6) is 5.59. The molecule has 0 radical (unpaired) electrons. The number of nitrogens with one attached hydrogen (secondary N) is 1. The molecule has 0 aromatic carbocycles. The maximum absolute atomic E-state index is 5.46. The van der Waals surface area contributed by atoms with E-state index in [-0.39, 0.29) is 18.1 Å². The zero-order valence-electron chi connectivity index (χ0n) is 10.9. The lowest BCUT2D eigenvalue weighted by Crippen LogP contribution is -2.15. The topological polar surface area (TPSA) is 98.8 Å². The molecular formula is C11H13BrN6OS. The number of halogens is 1. The second-order valence-corrected chi connectivity index (χ2v) is 5.86. The summed E-state index contributed by atoms with van der Waals surface area (Å²) in [5.41, 5.74) is 2.39. The molecule has 0 aliphatic rings. The van der Waals surface area contributed by atoms with Crippen molar-refractivity contribution in [3.8, 4) is 6.01 Å². The minimum atomic E-state index is -0.0355. The number of rotatable bonds is 5. The van der Waals surface area contributed by atoms with Crippen LogP contribution in [0.25, 0.3) is 0 Å². The highest BCUT2D eigenvalue weighted by molar-refractivity contribution is 9.10. The normalized spacial score (nSPS) is 10.7. The number of nitrogens with zero attached hydrogens (tertiary/aromatic N) is 4. The Bertz CT molecular complexity index is 580. The standard InChI is InChI=1S/C11H13BrN6OS/c1-6(2)19-10-15-9(18-13)16-11(17-10)20-8-4-3-7(12)5-14-8/h3-6H,13H2,1-2H3,(H,15,16,17,18). The number of hydrogen-bond donors (Lipinski definition) is 2. The van der Waals surface area contributed by atoms with Crippen molar-refractivity contribution in [2.45, 2.75) is 30.1 Å². The Hall–Kier alpha value is -1.45. The summed E-state index contributed by atoms with van der Waals surface area (Å²) < 4.78 is 6.36. The lowest BCUT2D eigenvalue weighted by Gasteiger charge is -2.09. The first-order valence-electron chi connectivity index (χ1n) is 5.75. The molecule has 2 rings (SSSR count). The molecule has 0 aliphatic heterocycles. The van der Waals surface area contributed by atoms with Crippen molar-refractivity contribution in [2.24, 2.45) is 5.84 Å². The van der Waals surface area contributed by atoms with Crippen molar-refractivity contribution in [3.63, 3.8) is 0 Å². The van der Waals surface area contributed by atoms with Gasteiger partial charge in [-0.1, -0.05) is 0 Å². The van der Waals surface area contributed by atoms with Gasteiger partial charge in [-0.25, -0.2) is 10.8 Å². The van der Waals surface area contributed by atoms with Crippen LogP contribution in [0, 0.1) is 0 Å². The number of pyridine rings is 1. The van der Waals surface area contributed by atoms with E-state index < -0.39 is 0 Å². The van der Waals surface area contributed by atoms with Gasteiger partial charge < -0.3 is 4.74 Å². The summed E-state index contributed by atoms with van der Waals surface area (Å²) in [6, 6.07) is 3.98. The number of anilines is 1. The predicted octanol–water partition coefficient (Wildman–Crippen LogP) is 2.25. The van der Waals surface area contributed by atoms with Crippen molar-refractivity contribution in [3.05, 3.63) is 22.8 Å². The number of hydrogen-bond acceptors (Lipinski definition) is 8. The fourth-order valence-electron chi connectivity index (χ4n) is 1.23. The quantitative estimate of drug-likeness (QED) is 0.621. The summed E-state index contributed by atoms with van der Waals surface area (Å²) in [6.07, 6.45) is 1.67. The van der Waals surface area contributed by atoms with Crippen LogP contribution in [-0.2, 0) is 0 Å². The van der Waals surface area contributed by atoms with Gasteiger partial charge in [-0.05, 0) is 53.7 Å². The van der Waals surface area contributed by atoms with Crippen molar-refractivity contribution in [1.82, 2.24) is 19.9 Å². The number of aromatic nitrogens is 4. The summed E-state index contributed by atoms with van der Waals surface area (Å²) in [5, 5.41) is 1.22. The zero-order chi connectivity index (χ0) is 14.5. The molecule has 7 nitrogen and oxygen atoms in total. The van der Waals surface area contributed by atoms with E-state index in [1.165, 1.54) is 11.8 Å². The van der Waals surface area contributed by atoms with E-state index in [0.717, 1.165) is 9.50 Å². The Morgan fingerprint density at radius 2 is 2.10 bits per heavy atom. The van der Waals surface area contributed by atoms with E-state index in [9.17, 15) is 0 Å². The summed E-state index contributed by atoms with van der Waals surface area (Å²) in [7, 11) is 0. The van der Waals surface area contributed by atoms with Crippen LogP contribution in [0.4, 0.5) is 5.95 Å². The van der Waals surface area contributed by atoms with Crippen molar-refractivity contribution in [1.29, 1.82) is 0 Å². The number of hydrazine groups is 1. The average molecular weight is 357 g/mol. The molecule has 2 heterocycles. The minimum absolute atomic E-state index is 0.0355. The van der Waals surface area contributed by atoms with E-state index in [1.807, 2.05) is 26.0 Å². The Morgan fingerprint density at radius 3 is 2.70 bits per heavy atom. The minimum Gasteiger partial charge on any atom is -0.461 e. The molecule has 0 fully saturated rings. The molecule has 0 spiro atoms. The van der Waals surface area contributed by atoms with Gasteiger partial charge in [-0.15, -0.1) is 0 Å². The molecule has 106 valence electrons. The molecule has 0 bridgehead atoms. The smallest absolute Gasteiger partial charge is 0.322 e. The van der Waals surface area contributed by atoms with Crippen LogP contribution in [0.5, 0.6) is 6.01 Å². The Balaban J connectivity index is 2.23. The van der Waals surface area contributed by atoms with Crippen molar-refractivity contribution >= 4 is 33.6 Å². The van der Waals surface area contributed by atoms with Gasteiger partial charge in [-0.2, -0.15) is 15.0 Å². The highest BCUT2D eigenvalue weighted by atomic mass is 79.9. The van der Waals surface area contributed by atoms with Crippen LogP contribution in [0.3, 0.4) is 0 Å². The Kier molecular flexibility index (Phi) is 5.10. The lowest BCUT2D eigenvalue weighted by atomic mass is 10.5. The molecule has 3 N–H and O–H groups in total. The highest BCUT2D eigenvalue weighted by Gasteiger charge is 2.10. The third-order valence-corrected chi connectivity index (χ3v) is 3.25. The van der Waals surface area contributed by atoms with Crippen LogP contribution < -0.4 is 16.0 Å². The molecule has 0 unspecified atom stereocenters. The predicted molar refractivity (Wildman–Crippen MR) is 79.5 cm³/mol. The van der Waals surface area contributed by atoms with Gasteiger partial charge in [0, 0.05) is 10.7 Å². The van der Waals surface area contributed by atoms with Crippen LogP contribution in [0.2, 0.25) is 0 Å². The second-order valence-electron chi connectivity index (χ2n) is 3.95. The highest BCUT2D eigenvalue weighted by Crippen LogP contribution is 2.25. The summed E-state index contributed by atoms with van der Waals surface area (Å²) in [6.45, 7) is 3.78. The SMILES string of the molecule is CC(C)Oc1nc(NN)nc(Sc2ccc(Br)cn2)n1. The fraction of sp³-hybridized carbons (Fsp3) is 0.273. The van der Waals surface area contributed by atoms with Gasteiger partial charge in [0.05, 0.1) is 6.10 Å². The monoisotopic (exact) mass is 356 g/mol. The van der Waals surface area contributed by atoms with Gasteiger partial charge in [0.25, 0.3) is 0 Å². The second kappa shape index (κ2) is 6.82. The largest absolute Gasteiger partial charge is 0.461 e. The van der Waals surface area contributed by atoms with Gasteiger partial charge in [0.1, 0.15) is 5.03 Å². The molecular weight excluding hydrogens is 344 g/mol. The van der Waals surface area contributed by atoms with Gasteiger partial charge in [-0.3, -0.25) is 5.43 Å². The van der Waals surface area contributed by atoms with Gasteiger partial charge in [0.15, 0.2) is 0 Å². The van der Waals surface area contributed by atoms with Crippen LogP contribution in [-0.4, -0.2) is 26.0 Å². The van der Waals surface area contributed by atoms with E-state index in [4.69, 9.17) is 10.6 Å². The first-order chi connectivity index (χ1) is 9.56. The Morgan fingerprint density at radius 1 is 1.30 bits per heavy atom. The van der Waals surface area contributed by atoms with Gasteiger partial charge >= 0.3 is 6.01 Å². The number of ether oxygens (including phenoxy) is 1. The van der Waals surface area contributed by atoms with Crippen LogP contribution in [0.15, 0.2) is 33.0 Å². The first kappa shape index (κ1) is 14.9. The first-order valence-corrected chi connectivity index (χ1v) is 7.36. The van der Waals surface area contributed by atoms with E-state index >= 15 is 0 Å². The summed E-state index contributed by atoms with van der Waals surface area (Å²) >= 11 is 4.63. The van der Waals surface area contributed by atoms with E-state index in [1.54, 1.807) is 6.20 Å². The van der Waals surface area contributed by atoms with E-state index in [2.05, 4.69) is 41.3 Å². The summed E-state index contributed by atoms with van der Waals surface area (Å²) in [4.78, 5) is 16.6. The number of nitrogen functional groups attached to an aromatic ring is 1. The maximum Gasteiger partial charge on any atom is 0.322 e. The molecule has 20 heavy (non-hydrogen) atoms. The molecule has 0 atom stereocenters. The van der Waals surface area contributed by atoms with E-state index in [0.29, 0.717) is 5.16 Å². The zero-order valence-corrected chi connectivity index (χ0v) is 13.3. The molecule has 0 amide bonds. The molecule has 9 heteroatoms. The number of nitrogens with two attached hydrogens (primary N) is 1. The van der Waals surface area contributed by atoms with Crippen molar-refractivity contribution < 1.29 is 4.74 Å². The molecule has 2 aromatic rings. The molecule has 0 aliphatic carbocycles. The maximum atomic E-state index is 5.46. The van der Waals surface area contributed by atoms with Crippen LogP contribution >= 0.6 is 27.7 Å².